The van der Waals surface area contributed by atoms with Crippen molar-refractivity contribution in [3.05, 3.63) is 120 Å². The lowest BCUT2D eigenvalue weighted by molar-refractivity contribution is -0.256. The number of allylic oxidation sites excluding steroid dienone is 1. The van der Waals surface area contributed by atoms with Crippen LogP contribution < -0.4 is 14.8 Å². The number of fused-ring (bicyclic) bond motifs is 2. The van der Waals surface area contributed by atoms with Gasteiger partial charge < -0.3 is 44.1 Å². The number of carbonyl (C=O) groups is 2. The van der Waals surface area contributed by atoms with Crippen molar-refractivity contribution in [2.24, 2.45) is 22.9 Å². The zero-order chi connectivity index (χ0) is 43.9. The van der Waals surface area contributed by atoms with E-state index in [0.717, 1.165) is 42.4 Å². The molecule has 0 aromatic heterocycles. The van der Waals surface area contributed by atoms with Crippen LogP contribution in [0, 0.1) is 23.6 Å². The maximum Gasteiger partial charge on any atom is 0.412 e. The zero-order valence-electron chi connectivity index (χ0n) is 35.7. The number of amides is 2. The topological polar surface area (TPSA) is 158 Å². The van der Waals surface area contributed by atoms with Crippen molar-refractivity contribution < 1.29 is 52.7 Å². The summed E-state index contributed by atoms with van der Waals surface area (Å²) in [4.78, 5) is 34.5. The Bertz CT molecular complexity index is 2000. The van der Waals surface area contributed by atoms with Gasteiger partial charge in [0.15, 0.2) is 0 Å². The van der Waals surface area contributed by atoms with Gasteiger partial charge >= 0.3 is 12.2 Å². The van der Waals surface area contributed by atoms with E-state index in [1.165, 1.54) is 19.2 Å². The molecule has 3 aliphatic rings. The summed E-state index contributed by atoms with van der Waals surface area (Å²) in [6, 6.07) is 20.0. The minimum absolute atomic E-state index is 0.00212. The number of hydrogen-bond donors (Lipinski definition) is 3. The Morgan fingerprint density at radius 3 is 2.47 bits per heavy atom. The van der Waals surface area contributed by atoms with Crippen LogP contribution in [0.2, 0.25) is 0 Å². The molecule has 1 saturated carbocycles. The van der Waals surface area contributed by atoms with Crippen molar-refractivity contribution in [2.75, 3.05) is 46.7 Å². The number of oxime groups is 1. The largest absolute Gasteiger partial charge is 0.459 e. The van der Waals surface area contributed by atoms with E-state index in [-0.39, 0.29) is 63.8 Å². The fourth-order valence-corrected chi connectivity index (χ4v) is 9.23. The molecule has 1 aliphatic heterocycles. The van der Waals surface area contributed by atoms with Crippen molar-refractivity contribution in [2.45, 2.75) is 82.8 Å². The quantitative estimate of drug-likeness (QED) is 0.0513. The third kappa shape index (κ3) is 11.0. The second kappa shape index (κ2) is 22.7. The maximum atomic E-state index is 14.7. The summed E-state index contributed by atoms with van der Waals surface area (Å²) >= 11 is 0. The smallest absolute Gasteiger partial charge is 0.412 e. The van der Waals surface area contributed by atoms with Gasteiger partial charge in [-0.1, -0.05) is 72.6 Å². The minimum atomic E-state index is -1.57. The fraction of sp³-hybridized carbons (Fsp3) is 0.479. The van der Waals surface area contributed by atoms with E-state index >= 15 is 0 Å². The summed E-state index contributed by atoms with van der Waals surface area (Å²) in [5.74, 6) is -2.17. The average Bonchev–Trinajstić information content (AvgIpc) is 3.27. The predicted octanol–water partition coefficient (Wildman–Crippen LogP) is 8.05. The Labute approximate surface area is 363 Å². The van der Waals surface area contributed by atoms with Gasteiger partial charge in [-0.2, -0.15) is 0 Å². The Morgan fingerprint density at radius 1 is 1.00 bits per heavy atom. The lowest BCUT2D eigenvalue weighted by atomic mass is 9.55. The molecule has 6 rings (SSSR count). The summed E-state index contributed by atoms with van der Waals surface area (Å²) in [6.45, 7) is 6.78. The van der Waals surface area contributed by atoms with Crippen LogP contribution >= 0.6 is 0 Å². The molecule has 2 amide bonds. The number of benzene rings is 3. The number of carbonyl (C=O) groups excluding carboxylic acids is 2. The number of hydrogen-bond acceptors (Lipinski definition) is 11. The Kier molecular flexibility index (Phi) is 16.9. The molecule has 6 atom stereocenters. The Morgan fingerprint density at radius 2 is 1.76 bits per heavy atom. The van der Waals surface area contributed by atoms with Gasteiger partial charge in [-0.05, 0) is 91.5 Å². The predicted molar refractivity (Wildman–Crippen MR) is 231 cm³/mol. The first-order chi connectivity index (χ1) is 30.3. The van der Waals surface area contributed by atoms with E-state index in [0.29, 0.717) is 48.8 Å². The van der Waals surface area contributed by atoms with E-state index in [1.54, 1.807) is 35.2 Å². The van der Waals surface area contributed by atoms with E-state index in [9.17, 15) is 24.2 Å². The molecule has 3 aromatic carbocycles. The normalized spacial score (nSPS) is 23.0. The molecule has 0 radical (unpaired) electrons. The lowest BCUT2D eigenvalue weighted by Crippen LogP contribution is -2.70. The molecule has 62 heavy (non-hydrogen) atoms. The SMILES string of the molecule is C=CCOC12Oc3ccc(OC(=O)NCC)cc3C3C(CCCCO)C(CCCCO)C=C(C(=NOC)CC1N(Cc1ccc(F)cc1)C(=O)OCCOCc1ccccc1)C32. The Balaban J connectivity index is 1.49. The first-order valence-electron chi connectivity index (χ1n) is 21.6. The number of aliphatic hydroxyl groups is 2. The first-order valence-corrected chi connectivity index (χ1v) is 21.6. The molecule has 0 bridgehead atoms. The standard InChI is InChI=1S/C48H60FN3O10/c1-4-25-60-48-43(52(31-33-17-19-36(49)20-18-33)47(56)59-27-26-58-32-34-13-7-6-8-14-34)30-41(51-57-3)39-28-35(15-9-11-23-53)38(16-10-12-24-54)44(45(39)48)40-29-37(21-22-42(40)62-48)61-46(55)50-5-2/h4,6-8,13-14,17-22,28-29,35,38,43-45,53-54H,1,5,9-12,15-16,23-27,30-32H2,2-3H3,(H,50,55). The third-order valence-corrected chi connectivity index (χ3v) is 11.8. The van der Waals surface area contributed by atoms with Gasteiger partial charge in [0.25, 0.3) is 0 Å². The number of aliphatic hydroxyl groups excluding tert-OH is 2. The summed E-state index contributed by atoms with van der Waals surface area (Å²) in [5, 5.41) is 27.0. The molecule has 2 aliphatic carbocycles. The lowest BCUT2D eigenvalue weighted by Gasteiger charge is -2.59. The van der Waals surface area contributed by atoms with Crippen LogP contribution in [0.4, 0.5) is 14.0 Å². The molecule has 14 heteroatoms. The monoisotopic (exact) mass is 857 g/mol. The van der Waals surface area contributed by atoms with Gasteiger partial charge in [0.05, 0.1) is 31.5 Å². The van der Waals surface area contributed by atoms with Crippen LogP contribution in [0.1, 0.15) is 74.5 Å². The van der Waals surface area contributed by atoms with Gasteiger partial charge in [0, 0.05) is 44.2 Å². The van der Waals surface area contributed by atoms with Gasteiger partial charge in [-0.3, -0.25) is 4.90 Å². The van der Waals surface area contributed by atoms with E-state index in [4.69, 9.17) is 28.5 Å². The zero-order valence-corrected chi connectivity index (χ0v) is 35.7. The second-order valence-electron chi connectivity index (χ2n) is 15.8. The first kappa shape index (κ1) is 46.2. The van der Waals surface area contributed by atoms with Crippen LogP contribution in [0.5, 0.6) is 11.5 Å². The molecule has 1 fully saturated rings. The average molecular weight is 858 g/mol. The molecule has 3 N–H and O–H groups in total. The molecule has 13 nitrogen and oxygen atoms in total. The number of unbranched alkanes of at least 4 members (excludes halogenated alkanes) is 2. The molecular weight excluding hydrogens is 798 g/mol. The molecule has 0 spiro atoms. The number of halogens is 1. The van der Waals surface area contributed by atoms with E-state index in [1.807, 2.05) is 43.3 Å². The molecule has 334 valence electrons. The van der Waals surface area contributed by atoms with Crippen molar-refractivity contribution >= 4 is 17.9 Å². The van der Waals surface area contributed by atoms with Crippen LogP contribution in [-0.4, -0.2) is 91.5 Å². The van der Waals surface area contributed by atoms with Gasteiger partial charge in [0.1, 0.15) is 37.1 Å². The number of nitrogens with one attached hydrogen (secondary N) is 1. The van der Waals surface area contributed by atoms with Crippen molar-refractivity contribution in [1.82, 2.24) is 10.2 Å². The fourth-order valence-electron chi connectivity index (χ4n) is 9.23. The molecular formula is C48H60FN3O10. The maximum absolute atomic E-state index is 14.7. The second-order valence-corrected chi connectivity index (χ2v) is 15.8. The highest BCUT2D eigenvalue weighted by Gasteiger charge is 2.65. The highest BCUT2D eigenvalue weighted by atomic mass is 19.1. The highest BCUT2D eigenvalue weighted by Crippen LogP contribution is 2.62. The summed E-state index contributed by atoms with van der Waals surface area (Å²) in [5.41, 5.74) is 3.86. The van der Waals surface area contributed by atoms with Crippen LogP contribution in [-0.2, 0) is 32.2 Å². The Hall–Kier alpha value is -5.28. The summed E-state index contributed by atoms with van der Waals surface area (Å²) < 4.78 is 46.1. The molecule has 0 saturated heterocycles. The van der Waals surface area contributed by atoms with Crippen molar-refractivity contribution in [1.29, 1.82) is 0 Å². The summed E-state index contributed by atoms with van der Waals surface area (Å²) in [7, 11) is 1.48. The van der Waals surface area contributed by atoms with E-state index < -0.39 is 35.8 Å². The van der Waals surface area contributed by atoms with Gasteiger partial charge in [0.2, 0.25) is 5.79 Å². The van der Waals surface area contributed by atoms with Gasteiger partial charge in [-0.25, -0.2) is 14.0 Å². The number of rotatable bonds is 22. The molecule has 6 unspecified atom stereocenters. The highest BCUT2D eigenvalue weighted by molar-refractivity contribution is 6.03. The van der Waals surface area contributed by atoms with Crippen LogP contribution in [0.15, 0.2) is 102 Å². The third-order valence-electron chi connectivity index (χ3n) is 11.8. The molecule has 1 heterocycles. The van der Waals surface area contributed by atoms with Gasteiger partial charge in [-0.15, -0.1) is 6.58 Å². The molecule has 3 aromatic rings. The summed E-state index contributed by atoms with van der Waals surface area (Å²) in [6.07, 6.45) is 6.96. The van der Waals surface area contributed by atoms with Crippen LogP contribution in [0.25, 0.3) is 0 Å². The van der Waals surface area contributed by atoms with Crippen LogP contribution in [0.3, 0.4) is 0 Å². The number of ether oxygens (including phenoxy) is 5. The van der Waals surface area contributed by atoms with Crippen molar-refractivity contribution in [3.8, 4) is 11.5 Å². The van der Waals surface area contributed by atoms with Crippen molar-refractivity contribution in [3.63, 3.8) is 0 Å². The minimum Gasteiger partial charge on any atom is -0.459 e. The van der Waals surface area contributed by atoms with E-state index in [2.05, 4.69) is 23.1 Å². The number of nitrogens with zero attached hydrogens (tertiary/aromatic N) is 2.